The number of benzene rings is 1. The van der Waals surface area contributed by atoms with Crippen LogP contribution in [0.4, 0.5) is 0 Å². The Hall–Kier alpha value is -1.06. The summed E-state index contributed by atoms with van der Waals surface area (Å²) in [6.45, 7) is 3.27. The molecule has 1 atom stereocenters. The average molecular weight is 255 g/mol. The maximum Gasteiger partial charge on any atom is 0.224 e. The number of amides is 1. The number of fused-ring (bicyclic) bond motifs is 1. The van der Waals surface area contributed by atoms with Crippen molar-refractivity contribution in [2.45, 2.75) is 32.4 Å². The summed E-state index contributed by atoms with van der Waals surface area (Å²) in [7, 11) is 0. The van der Waals surface area contributed by atoms with Gasteiger partial charge in [0, 0.05) is 25.6 Å². The maximum absolute atomic E-state index is 11.9. The third kappa shape index (κ3) is 2.99. The van der Waals surface area contributed by atoms with Crippen molar-refractivity contribution in [3.63, 3.8) is 0 Å². The van der Waals surface area contributed by atoms with Crippen LogP contribution in [-0.4, -0.2) is 23.4 Å². The fourth-order valence-electron chi connectivity index (χ4n) is 2.28. The van der Waals surface area contributed by atoms with Crippen molar-refractivity contribution in [2.24, 2.45) is 5.73 Å². The Morgan fingerprint density at radius 1 is 1.41 bits per heavy atom. The zero-order chi connectivity index (χ0) is 11.5. The minimum absolute atomic E-state index is 0. The van der Waals surface area contributed by atoms with Gasteiger partial charge < -0.3 is 10.6 Å². The molecule has 1 amide bonds. The number of nitrogens with zero attached hydrogens (tertiary/aromatic N) is 1. The van der Waals surface area contributed by atoms with Gasteiger partial charge >= 0.3 is 0 Å². The van der Waals surface area contributed by atoms with Crippen molar-refractivity contribution in [2.75, 3.05) is 6.54 Å². The van der Waals surface area contributed by atoms with Crippen molar-refractivity contribution in [1.29, 1.82) is 0 Å². The minimum Gasteiger partial charge on any atom is -0.335 e. The van der Waals surface area contributed by atoms with Crippen molar-refractivity contribution in [3.8, 4) is 0 Å². The standard InChI is InChI=1S/C13H18N2O.ClH/c1-10-8-11-4-2-3-5-12(11)9-15(10)13(16)6-7-14;/h2-5,10H,6-9,14H2,1H3;1H. The van der Waals surface area contributed by atoms with E-state index in [-0.39, 0.29) is 24.4 Å². The molecule has 0 radical (unpaired) electrons. The summed E-state index contributed by atoms with van der Waals surface area (Å²) < 4.78 is 0. The van der Waals surface area contributed by atoms with E-state index in [1.54, 1.807) is 0 Å². The Labute approximate surface area is 108 Å². The van der Waals surface area contributed by atoms with E-state index in [0.717, 1.165) is 13.0 Å². The number of halogens is 1. The maximum atomic E-state index is 11.9. The molecule has 3 nitrogen and oxygen atoms in total. The first-order chi connectivity index (χ1) is 7.72. The summed E-state index contributed by atoms with van der Waals surface area (Å²) in [4.78, 5) is 13.8. The fraction of sp³-hybridized carbons (Fsp3) is 0.462. The molecule has 0 aromatic heterocycles. The molecule has 0 bridgehead atoms. The number of carbonyl (C=O) groups excluding carboxylic acids is 1. The van der Waals surface area contributed by atoms with Gasteiger partial charge in [0.15, 0.2) is 0 Å². The van der Waals surface area contributed by atoms with Gasteiger partial charge in [-0.2, -0.15) is 0 Å². The first-order valence-corrected chi connectivity index (χ1v) is 5.78. The highest BCUT2D eigenvalue weighted by Crippen LogP contribution is 2.23. The largest absolute Gasteiger partial charge is 0.335 e. The SMILES string of the molecule is CC1Cc2ccccc2CN1C(=O)CCN.Cl. The Morgan fingerprint density at radius 2 is 2.06 bits per heavy atom. The van der Waals surface area contributed by atoms with Gasteiger partial charge in [-0.1, -0.05) is 24.3 Å². The second-order valence-electron chi connectivity index (χ2n) is 4.38. The van der Waals surface area contributed by atoms with Crippen LogP contribution in [0.2, 0.25) is 0 Å². The molecular formula is C13H19ClN2O. The monoisotopic (exact) mass is 254 g/mol. The van der Waals surface area contributed by atoms with E-state index < -0.39 is 0 Å². The van der Waals surface area contributed by atoms with Crippen molar-refractivity contribution in [1.82, 2.24) is 4.90 Å². The Balaban J connectivity index is 0.00000144. The zero-order valence-corrected chi connectivity index (χ0v) is 10.9. The third-order valence-corrected chi connectivity index (χ3v) is 3.19. The summed E-state index contributed by atoms with van der Waals surface area (Å²) >= 11 is 0. The van der Waals surface area contributed by atoms with Crippen molar-refractivity contribution in [3.05, 3.63) is 35.4 Å². The van der Waals surface area contributed by atoms with Crippen molar-refractivity contribution >= 4 is 18.3 Å². The molecule has 0 fully saturated rings. The van der Waals surface area contributed by atoms with Gasteiger partial charge in [-0.05, 0) is 24.5 Å². The second kappa shape index (κ2) is 6.03. The van der Waals surface area contributed by atoms with E-state index in [0.29, 0.717) is 13.0 Å². The van der Waals surface area contributed by atoms with Crippen LogP contribution in [0.15, 0.2) is 24.3 Å². The van der Waals surface area contributed by atoms with Gasteiger partial charge in [0.2, 0.25) is 5.91 Å². The molecule has 2 rings (SSSR count). The summed E-state index contributed by atoms with van der Waals surface area (Å²) in [5, 5.41) is 0. The van der Waals surface area contributed by atoms with Crippen LogP contribution >= 0.6 is 12.4 Å². The lowest BCUT2D eigenvalue weighted by Crippen LogP contribution is -2.43. The summed E-state index contributed by atoms with van der Waals surface area (Å²) in [5.74, 6) is 0.171. The van der Waals surface area contributed by atoms with Crippen LogP contribution in [0.3, 0.4) is 0 Å². The van der Waals surface area contributed by atoms with Crippen molar-refractivity contribution < 1.29 is 4.79 Å². The lowest BCUT2D eigenvalue weighted by molar-refractivity contribution is -0.134. The topological polar surface area (TPSA) is 46.3 Å². The quantitative estimate of drug-likeness (QED) is 0.874. The normalized spacial score (nSPS) is 18.2. The van der Waals surface area contributed by atoms with Gasteiger partial charge in [-0.25, -0.2) is 0 Å². The summed E-state index contributed by atoms with van der Waals surface area (Å²) in [6.07, 6.45) is 1.40. The van der Waals surface area contributed by atoms with E-state index in [1.807, 2.05) is 11.0 Å². The van der Waals surface area contributed by atoms with Crippen LogP contribution in [0, 0.1) is 0 Å². The third-order valence-electron chi connectivity index (χ3n) is 3.19. The number of rotatable bonds is 2. The van der Waals surface area contributed by atoms with Crippen LogP contribution in [0.25, 0.3) is 0 Å². The summed E-state index contributed by atoms with van der Waals surface area (Å²) in [5.41, 5.74) is 8.07. The molecule has 1 unspecified atom stereocenters. The Morgan fingerprint density at radius 3 is 2.71 bits per heavy atom. The minimum atomic E-state index is 0. The molecule has 1 aliphatic heterocycles. The molecule has 2 N–H and O–H groups in total. The van der Waals surface area contributed by atoms with Gasteiger partial charge in [0.25, 0.3) is 0 Å². The molecule has 1 heterocycles. The van der Waals surface area contributed by atoms with Crippen LogP contribution < -0.4 is 5.73 Å². The molecule has 94 valence electrons. The number of hydrogen-bond acceptors (Lipinski definition) is 2. The first-order valence-electron chi connectivity index (χ1n) is 5.78. The van der Waals surface area contributed by atoms with E-state index in [4.69, 9.17) is 5.73 Å². The molecule has 17 heavy (non-hydrogen) atoms. The molecule has 1 aromatic rings. The van der Waals surface area contributed by atoms with Crippen LogP contribution in [-0.2, 0) is 17.8 Å². The van der Waals surface area contributed by atoms with Gasteiger partial charge in [0.1, 0.15) is 0 Å². The molecule has 0 saturated carbocycles. The van der Waals surface area contributed by atoms with E-state index in [2.05, 4.69) is 25.1 Å². The molecule has 1 aromatic carbocycles. The first kappa shape index (κ1) is 14.0. The van der Waals surface area contributed by atoms with Gasteiger partial charge in [-0.15, -0.1) is 12.4 Å². The summed E-state index contributed by atoms with van der Waals surface area (Å²) in [6, 6.07) is 8.62. The average Bonchev–Trinajstić information content (AvgIpc) is 2.28. The smallest absolute Gasteiger partial charge is 0.224 e. The Kier molecular flexibility index (Phi) is 4.97. The highest BCUT2D eigenvalue weighted by molar-refractivity contribution is 5.85. The lowest BCUT2D eigenvalue weighted by atomic mass is 9.94. The molecule has 4 heteroatoms. The number of carbonyl (C=O) groups is 1. The second-order valence-corrected chi connectivity index (χ2v) is 4.38. The van der Waals surface area contributed by atoms with E-state index >= 15 is 0 Å². The predicted molar refractivity (Wildman–Crippen MR) is 71.1 cm³/mol. The molecule has 1 aliphatic rings. The molecular weight excluding hydrogens is 236 g/mol. The number of hydrogen-bond donors (Lipinski definition) is 1. The number of nitrogens with two attached hydrogens (primary N) is 1. The lowest BCUT2D eigenvalue weighted by Gasteiger charge is -2.35. The van der Waals surface area contributed by atoms with E-state index in [9.17, 15) is 4.79 Å². The molecule has 0 spiro atoms. The van der Waals surface area contributed by atoms with Crippen LogP contribution in [0.5, 0.6) is 0 Å². The fourth-order valence-corrected chi connectivity index (χ4v) is 2.28. The van der Waals surface area contributed by atoms with Gasteiger partial charge in [0.05, 0.1) is 0 Å². The molecule has 0 aliphatic carbocycles. The van der Waals surface area contributed by atoms with E-state index in [1.165, 1.54) is 11.1 Å². The Bertz CT molecular complexity index is 395. The highest BCUT2D eigenvalue weighted by atomic mass is 35.5. The molecule has 0 saturated heterocycles. The van der Waals surface area contributed by atoms with Gasteiger partial charge in [-0.3, -0.25) is 4.79 Å². The zero-order valence-electron chi connectivity index (χ0n) is 10.1. The predicted octanol–water partition coefficient (Wildman–Crippen LogP) is 1.73. The van der Waals surface area contributed by atoms with Crippen LogP contribution in [0.1, 0.15) is 24.5 Å². The highest BCUT2D eigenvalue weighted by Gasteiger charge is 2.25.